The second kappa shape index (κ2) is 8.90. The van der Waals surface area contributed by atoms with E-state index in [9.17, 15) is 19.3 Å². The van der Waals surface area contributed by atoms with Gasteiger partial charge in [-0.15, -0.1) is 0 Å². The Hall–Kier alpha value is -4.73. The molecule has 1 amide bonds. The van der Waals surface area contributed by atoms with E-state index in [2.05, 4.69) is 10.4 Å². The number of carbonyl (C=O) groups excluding carboxylic acids is 1. The lowest BCUT2D eigenvalue weighted by Gasteiger charge is -2.38. The van der Waals surface area contributed by atoms with Gasteiger partial charge in [-0.1, -0.05) is 18.2 Å². The van der Waals surface area contributed by atoms with Crippen molar-refractivity contribution in [3.05, 3.63) is 112 Å². The molecule has 0 unspecified atom stereocenters. The molecule has 9 nitrogen and oxygen atoms in total. The van der Waals surface area contributed by atoms with Crippen molar-refractivity contribution in [2.24, 2.45) is 0 Å². The largest absolute Gasteiger partial charge is 0.496 e. The van der Waals surface area contributed by atoms with Crippen molar-refractivity contribution in [3.63, 3.8) is 0 Å². The van der Waals surface area contributed by atoms with Gasteiger partial charge in [0.1, 0.15) is 30.1 Å². The molecule has 0 radical (unpaired) electrons. The summed E-state index contributed by atoms with van der Waals surface area (Å²) in [5.74, 6) is -0.0537. The van der Waals surface area contributed by atoms with Gasteiger partial charge >= 0.3 is 5.69 Å². The van der Waals surface area contributed by atoms with Crippen LogP contribution in [0.4, 0.5) is 21.5 Å². The van der Waals surface area contributed by atoms with Crippen LogP contribution in [0, 0.1) is 15.9 Å². The Balaban J connectivity index is 1.57. The number of para-hydroxylation sites is 1. The summed E-state index contributed by atoms with van der Waals surface area (Å²) in [5.41, 5.74) is 3.07. The summed E-state index contributed by atoms with van der Waals surface area (Å²) in [6.45, 7) is 0.221. The zero-order valence-corrected chi connectivity index (χ0v) is 18.6. The van der Waals surface area contributed by atoms with Crippen LogP contribution in [0.2, 0.25) is 0 Å². The lowest BCUT2D eigenvalue weighted by Crippen LogP contribution is -2.43. The average molecular weight is 473 g/mol. The molecule has 0 saturated carbocycles. The first kappa shape index (κ1) is 22.1. The van der Waals surface area contributed by atoms with Crippen LogP contribution in [0.3, 0.4) is 0 Å². The topological polar surface area (TPSA) is 103 Å². The maximum atomic E-state index is 13.6. The summed E-state index contributed by atoms with van der Waals surface area (Å²) in [6.07, 6.45) is 1.93. The first-order valence-corrected chi connectivity index (χ1v) is 10.7. The van der Waals surface area contributed by atoms with Crippen LogP contribution in [0.1, 0.15) is 27.7 Å². The Morgan fingerprint density at radius 3 is 2.63 bits per heavy atom. The third-order valence-corrected chi connectivity index (χ3v) is 5.81. The minimum absolute atomic E-state index is 0.112. The van der Waals surface area contributed by atoms with Gasteiger partial charge in [-0.2, -0.15) is 5.10 Å². The van der Waals surface area contributed by atoms with Crippen LogP contribution in [0.25, 0.3) is 0 Å². The first-order chi connectivity index (χ1) is 16.9. The fraction of sp³-hybridized carbons (Fsp3) is 0.120. The monoisotopic (exact) mass is 473 g/mol. The maximum absolute atomic E-state index is 13.6. The van der Waals surface area contributed by atoms with E-state index in [1.165, 1.54) is 36.3 Å². The van der Waals surface area contributed by atoms with E-state index in [1.54, 1.807) is 35.2 Å². The third-order valence-electron chi connectivity index (χ3n) is 5.81. The number of carbonyl (C=O) groups is 1. The Morgan fingerprint density at radius 1 is 1.14 bits per heavy atom. The molecule has 0 aliphatic carbocycles. The summed E-state index contributed by atoms with van der Waals surface area (Å²) in [5, 5.41) is 18.5. The van der Waals surface area contributed by atoms with Crippen LogP contribution in [-0.4, -0.2) is 27.7 Å². The minimum atomic E-state index is -0.598. The number of aromatic nitrogens is 2. The number of nitrogens with one attached hydrogen (secondary N) is 1. The number of nitrogens with zero attached hydrogens (tertiary/aromatic N) is 4. The molecule has 1 aromatic heterocycles. The highest BCUT2D eigenvalue weighted by Gasteiger charge is 2.34. The lowest BCUT2D eigenvalue weighted by molar-refractivity contribution is -0.385. The highest BCUT2D eigenvalue weighted by atomic mass is 19.1. The van der Waals surface area contributed by atoms with Crippen LogP contribution in [-0.2, 0) is 6.54 Å². The number of ether oxygens (including phenoxy) is 1. The molecule has 1 aliphatic heterocycles. The Labute approximate surface area is 199 Å². The molecule has 1 aliphatic rings. The quantitative estimate of drug-likeness (QED) is 0.320. The van der Waals surface area contributed by atoms with Gasteiger partial charge in [0.05, 0.1) is 24.1 Å². The zero-order valence-electron chi connectivity index (χ0n) is 18.6. The molecule has 1 N–H and O–H groups in total. The van der Waals surface area contributed by atoms with Crippen molar-refractivity contribution in [2.45, 2.75) is 12.7 Å². The normalized spacial score (nSPS) is 14.9. The van der Waals surface area contributed by atoms with Crippen molar-refractivity contribution >= 4 is 23.0 Å². The Bertz CT molecular complexity index is 1420. The molecular formula is C25H20FN5O4. The molecule has 10 heteroatoms. The van der Waals surface area contributed by atoms with Crippen LogP contribution >= 0.6 is 0 Å². The number of rotatable bonds is 6. The predicted molar refractivity (Wildman–Crippen MR) is 127 cm³/mol. The van der Waals surface area contributed by atoms with Crippen LogP contribution in [0.15, 0.2) is 79.1 Å². The average Bonchev–Trinajstić information content (AvgIpc) is 3.34. The highest BCUT2D eigenvalue weighted by molar-refractivity contribution is 6.12. The number of methoxy groups -OCH3 is 1. The molecule has 0 bridgehead atoms. The van der Waals surface area contributed by atoms with Crippen LogP contribution in [0.5, 0.6) is 5.75 Å². The Morgan fingerprint density at radius 2 is 1.91 bits per heavy atom. The van der Waals surface area contributed by atoms with Crippen LogP contribution < -0.4 is 15.0 Å². The fourth-order valence-corrected chi connectivity index (χ4v) is 4.15. The summed E-state index contributed by atoms with van der Waals surface area (Å²) < 4.78 is 20.6. The third kappa shape index (κ3) is 4.17. The molecule has 0 saturated heterocycles. The molecule has 3 aromatic carbocycles. The highest BCUT2D eigenvalue weighted by Crippen LogP contribution is 2.38. The van der Waals surface area contributed by atoms with E-state index >= 15 is 0 Å². The maximum Gasteiger partial charge on any atom is 0.307 e. The number of nitro groups is 1. The number of fused-ring (bicyclic) bond motifs is 1. The SMILES string of the molecule is COc1ccc([C@H]2Nc3ccccc3C(=O)N2c2ccc(F)cc2)cc1Cn1cc([N+](=O)[O-])cn1. The lowest BCUT2D eigenvalue weighted by atomic mass is 10.0. The standard InChI is InChI=1S/C25H20FN5O4/c1-35-23-11-6-16(12-17(23)14-29-15-20(13-27-29)31(33)34)24-28-22-5-3-2-4-21(22)25(32)30(24)19-9-7-18(26)8-10-19/h2-13,15,24,28H,14H2,1H3/t24-/m0/s1. The molecule has 1 atom stereocenters. The first-order valence-electron chi connectivity index (χ1n) is 10.7. The van der Waals surface area contributed by atoms with Gasteiger partial charge in [-0.25, -0.2) is 4.39 Å². The van der Waals surface area contributed by atoms with Crippen molar-refractivity contribution < 1.29 is 18.8 Å². The van der Waals surface area contributed by atoms with Gasteiger partial charge in [-0.05, 0) is 54.1 Å². The predicted octanol–water partition coefficient (Wildman–Crippen LogP) is 4.76. The van der Waals surface area contributed by atoms with E-state index < -0.39 is 16.9 Å². The second-order valence-corrected chi connectivity index (χ2v) is 7.97. The fourth-order valence-electron chi connectivity index (χ4n) is 4.15. The molecule has 5 rings (SSSR count). The zero-order chi connectivity index (χ0) is 24.5. The summed E-state index contributed by atoms with van der Waals surface area (Å²) >= 11 is 0. The molecular weight excluding hydrogens is 453 g/mol. The second-order valence-electron chi connectivity index (χ2n) is 7.97. The van der Waals surface area contributed by atoms with Gasteiger partial charge in [0.2, 0.25) is 0 Å². The summed E-state index contributed by atoms with van der Waals surface area (Å²) in [7, 11) is 1.54. The number of amides is 1. The number of benzene rings is 3. The number of hydrogen-bond acceptors (Lipinski definition) is 6. The minimum Gasteiger partial charge on any atom is -0.496 e. The molecule has 0 fully saturated rings. The van der Waals surface area contributed by atoms with E-state index in [0.29, 0.717) is 22.7 Å². The molecule has 4 aromatic rings. The van der Waals surface area contributed by atoms with E-state index in [-0.39, 0.29) is 18.1 Å². The summed E-state index contributed by atoms with van der Waals surface area (Å²) in [4.78, 5) is 25.6. The summed E-state index contributed by atoms with van der Waals surface area (Å²) in [6, 6.07) is 18.4. The number of anilines is 2. The van der Waals surface area contributed by atoms with Crippen molar-refractivity contribution in [1.29, 1.82) is 0 Å². The number of halogens is 1. The van der Waals surface area contributed by atoms with Gasteiger partial charge < -0.3 is 10.1 Å². The Kier molecular flexibility index (Phi) is 5.61. The number of hydrogen-bond donors (Lipinski definition) is 1. The van der Waals surface area contributed by atoms with Crippen molar-refractivity contribution in [2.75, 3.05) is 17.3 Å². The van der Waals surface area contributed by atoms with Gasteiger partial charge in [0, 0.05) is 16.9 Å². The smallest absolute Gasteiger partial charge is 0.307 e. The molecule has 35 heavy (non-hydrogen) atoms. The van der Waals surface area contributed by atoms with Gasteiger partial charge in [0.25, 0.3) is 5.91 Å². The molecule has 176 valence electrons. The van der Waals surface area contributed by atoms with Gasteiger partial charge in [-0.3, -0.25) is 24.5 Å². The van der Waals surface area contributed by atoms with E-state index in [1.807, 2.05) is 24.3 Å². The van der Waals surface area contributed by atoms with E-state index in [4.69, 9.17) is 4.74 Å². The van der Waals surface area contributed by atoms with Crippen molar-refractivity contribution in [3.8, 4) is 5.75 Å². The van der Waals surface area contributed by atoms with E-state index in [0.717, 1.165) is 11.1 Å². The molecule has 2 heterocycles. The molecule has 0 spiro atoms. The van der Waals surface area contributed by atoms with Gasteiger partial charge in [0.15, 0.2) is 0 Å². The van der Waals surface area contributed by atoms with Crippen molar-refractivity contribution in [1.82, 2.24) is 9.78 Å².